The van der Waals surface area contributed by atoms with Crippen molar-refractivity contribution in [3.8, 4) is 11.1 Å². The van der Waals surface area contributed by atoms with E-state index in [1.54, 1.807) is 0 Å². The number of rotatable bonds is 3. The van der Waals surface area contributed by atoms with Crippen LogP contribution < -0.4 is 26.2 Å². The van der Waals surface area contributed by atoms with Gasteiger partial charge in [0.1, 0.15) is 0 Å². The van der Waals surface area contributed by atoms with Gasteiger partial charge in [0.25, 0.3) is 6.71 Å². The summed E-state index contributed by atoms with van der Waals surface area (Å²) in [7, 11) is 0. The first kappa shape index (κ1) is 40.4. The van der Waals surface area contributed by atoms with Crippen LogP contribution >= 0.6 is 22.7 Å². The van der Waals surface area contributed by atoms with Crippen molar-refractivity contribution < 1.29 is 0 Å². The second-order valence-electron chi connectivity index (χ2n) is 21.5. The molecule has 2 aliphatic heterocycles. The van der Waals surface area contributed by atoms with Crippen LogP contribution in [0.25, 0.3) is 51.5 Å². The van der Waals surface area contributed by atoms with Crippen molar-refractivity contribution >= 4 is 120 Å². The Kier molecular flexibility index (Phi) is 8.81. The van der Waals surface area contributed by atoms with Gasteiger partial charge in [-0.25, -0.2) is 0 Å². The smallest absolute Gasteiger partial charge is 0.252 e. The molecule has 0 amide bonds. The predicted octanol–water partition coefficient (Wildman–Crippen LogP) is 16.1. The van der Waals surface area contributed by atoms with Crippen LogP contribution in [-0.2, 0) is 16.2 Å². The van der Waals surface area contributed by atoms with Gasteiger partial charge in [-0.3, -0.25) is 0 Å². The normalized spacial score (nSPS) is 13.8. The van der Waals surface area contributed by atoms with E-state index in [2.05, 4.69) is 230 Å². The van der Waals surface area contributed by atoms with E-state index in [0.29, 0.717) is 0 Å². The van der Waals surface area contributed by atoms with Gasteiger partial charge < -0.3 is 9.80 Å². The molecule has 65 heavy (non-hydrogen) atoms. The highest BCUT2D eigenvalue weighted by Crippen LogP contribution is 2.49. The third kappa shape index (κ3) is 6.41. The Morgan fingerprint density at radius 3 is 1.46 bits per heavy atom. The average molecular weight is 877 g/mol. The molecule has 0 saturated heterocycles. The highest BCUT2D eigenvalue weighted by atomic mass is 32.1. The lowest BCUT2D eigenvalue weighted by molar-refractivity contribution is 0.590. The van der Waals surface area contributed by atoms with E-state index in [0.717, 1.165) is 0 Å². The lowest BCUT2D eigenvalue weighted by Crippen LogP contribution is -2.61. The summed E-state index contributed by atoms with van der Waals surface area (Å²) in [6.07, 6.45) is 0. The molecule has 0 N–H and O–H groups in total. The van der Waals surface area contributed by atoms with Crippen molar-refractivity contribution in [3.63, 3.8) is 0 Å². The first-order valence-corrected chi connectivity index (χ1v) is 24.7. The monoisotopic (exact) mass is 876 g/mol. The second-order valence-corrected chi connectivity index (χ2v) is 23.6. The molecule has 0 fully saturated rings. The lowest BCUT2D eigenvalue weighted by Gasteiger charge is -2.45. The van der Waals surface area contributed by atoms with E-state index in [-0.39, 0.29) is 23.0 Å². The zero-order valence-electron chi connectivity index (χ0n) is 38.8. The third-order valence-electron chi connectivity index (χ3n) is 14.1. The third-order valence-corrected chi connectivity index (χ3v) is 16.4. The molecule has 0 unspecified atom stereocenters. The zero-order valence-corrected chi connectivity index (χ0v) is 40.4. The second kappa shape index (κ2) is 14.2. The fourth-order valence-electron chi connectivity index (χ4n) is 10.5. The fourth-order valence-corrected chi connectivity index (χ4v) is 12.7. The first-order valence-electron chi connectivity index (χ1n) is 23.1. The highest BCUT2D eigenvalue weighted by Gasteiger charge is 2.45. The summed E-state index contributed by atoms with van der Waals surface area (Å²) < 4.78 is 5.30. The summed E-state index contributed by atoms with van der Waals surface area (Å²) in [5.74, 6) is 0. The molecular weight excluding hydrogens is 824 g/mol. The molecule has 0 radical (unpaired) electrons. The van der Waals surface area contributed by atoms with E-state index >= 15 is 0 Å². The minimum absolute atomic E-state index is 0.0232. The van der Waals surface area contributed by atoms with E-state index < -0.39 is 0 Å². The van der Waals surface area contributed by atoms with Gasteiger partial charge in [-0.15, -0.1) is 22.7 Å². The van der Waals surface area contributed by atoms with Gasteiger partial charge in [-0.05, 0) is 133 Å². The van der Waals surface area contributed by atoms with Crippen molar-refractivity contribution in [1.29, 1.82) is 0 Å². The maximum atomic E-state index is 2.60. The maximum Gasteiger partial charge on any atom is 0.252 e. The Morgan fingerprint density at radius 1 is 0.354 bits per heavy atom. The van der Waals surface area contributed by atoms with Gasteiger partial charge >= 0.3 is 0 Å². The number of hydrogen-bond acceptors (Lipinski definition) is 4. The topological polar surface area (TPSA) is 6.48 Å². The van der Waals surface area contributed by atoms with E-state index in [9.17, 15) is 0 Å². The Morgan fingerprint density at radius 2 is 0.862 bits per heavy atom. The molecule has 0 bridgehead atoms. The van der Waals surface area contributed by atoms with E-state index in [1.165, 1.54) is 119 Å². The Hall–Kier alpha value is -6.14. The summed E-state index contributed by atoms with van der Waals surface area (Å²) >= 11 is 3.77. The molecule has 2 aromatic heterocycles. The van der Waals surface area contributed by atoms with Crippen molar-refractivity contribution in [2.24, 2.45) is 0 Å². The first-order chi connectivity index (χ1) is 31.1. The standard InChI is InChI=1S/C60H53BN2S2/c1-58(2,3)38-22-26-49-47(31-38)61-48-32-39(59(4,5)6)23-27-50(48)63(42-24-25-45-43-17-10-12-19-53(43)65-56(45)35-42)52-34-40(60(7,8)9)33-51(57(52)61)62(49)41-16-14-15-36(29-41)37-21-28-55-46(30-37)44-18-11-13-20-54(44)64-55/h10-35H,1-9H3. The van der Waals surface area contributed by atoms with Crippen LogP contribution in [0.3, 0.4) is 0 Å². The van der Waals surface area contributed by atoms with Crippen LogP contribution in [0.1, 0.15) is 79.0 Å². The minimum atomic E-state index is -0.110. The highest BCUT2D eigenvalue weighted by molar-refractivity contribution is 7.26. The van der Waals surface area contributed by atoms with Crippen LogP contribution in [0.5, 0.6) is 0 Å². The number of benzene rings is 8. The average Bonchev–Trinajstić information content (AvgIpc) is 3.85. The summed E-state index contributed by atoms with van der Waals surface area (Å²) in [6.45, 7) is 21.2. The van der Waals surface area contributed by atoms with Gasteiger partial charge in [0.2, 0.25) is 0 Å². The molecule has 8 aromatic carbocycles. The lowest BCUT2D eigenvalue weighted by atomic mass is 9.33. The SMILES string of the molecule is CC(C)(C)c1ccc2c(c1)B1c3cc(C(C)(C)C)ccc3N(c3ccc4c(c3)sc3ccccc34)c3cc(C(C)(C)C)cc(c31)N2c1cccc(-c2ccc3sc4ccccc4c3c2)c1. The van der Waals surface area contributed by atoms with Gasteiger partial charge in [0, 0.05) is 74.5 Å². The van der Waals surface area contributed by atoms with E-state index in [1.807, 2.05) is 22.7 Å². The van der Waals surface area contributed by atoms with Crippen molar-refractivity contribution in [2.75, 3.05) is 9.80 Å². The minimum Gasteiger partial charge on any atom is -0.311 e. The summed E-state index contributed by atoms with van der Waals surface area (Å²) in [5.41, 5.74) is 17.8. The molecule has 0 aliphatic carbocycles. The fraction of sp³-hybridized carbons (Fsp3) is 0.200. The van der Waals surface area contributed by atoms with Crippen molar-refractivity contribution in [3.05, 3.63) is 174 Å². The van der Waals surface area contributed by atoms with Crippen molar-refractivity contribution in [1.82, 2.24) is 0 Å². The maximum absolute atomic E-state index is 2.60. The molecule has 0 saturated carbocycles. The Balaban J connectivity index is 1.15. The zero-order chi connectivity index (χ0) is 44.7. The quantitative estimate of drug-likeness (QED) is 0.163. The summed E-state index contributed by atoms with van der Waals surface area (Å²) in [5, 5.41) is 5.29. The summed E-state index contributed by atoms with van der Waals surface area (Å²) in [4.78, 5) is 5.20. The molecule has 10 aromatic rings. The molecule has 0 spiro atoms. The van der Waals surface area contributed by atoms with Gasteiger partial charge in [0.05, 0.1) is 0 Å². The van der Waals surface area contributed by atoms with Gasteiger partial charge in [-0.1, -0.05) is 147 Å². The largest absolute Gasteiger partial charge is 0.311 e. The Labute approximate surface area is 391 Å². The molecule has 5 heteroatoms. The number of anilines is 6. The Bertz CT molecular complexity index is 3590. The van der Waals surface area contributed by atoms with Crippen molar-refractivity contribution in [2.45, 2.75) is 78.6 Å². The molecule has 12 rings (SSSR count). The van der Waals surface area contributed by atoms with E-state index in [4.69, 9.17) is 0 Å². The number of fused-ring (bicyclic) bond motifs is 10. The van der Waals surface area contributed by atoms with Crippen LogP contribution in [0.15, 0.2) is 158 Å². The molecule has 2 nitrogen and oxygen atoms in total. The number of thiophene rings is 2. The predicted molar refractivity (Wildman–Crippen MR) is 288 cm³/mol. The molecule has 4 heterocycles. The van der Waals surface area contributed by atoms with Gasteiger partial charge in [-0.2, -0.15) is 0 Å². The molecular formula is C60H53BN2S2. The molecule has 318 valence electrons. The summed E-state index contributed by atoms with van der Waals surface area (Å²) in [6, 6.07) is 60.9. The van der Waals surface area contributed by atoms with Gasteiger partial charge in [0.15, 0.2) is 0 Å². The van der Waals surface area contributed by atoms with Crippen LogP contribution in [0.4, 0.5) is 34.1 Å². The van der Waals surface area contributed by atoms with Crippen LogP contribution in [0.2, 0.25) is 0 Å². The number of hydrogen-bond donors (Lipinski definition) is 0. The number of nitrogens with zero attached hydrogens (tertiary/aromatic N) is 2. The van der Waals surface area contributed by atoms with Crippen LogP contribution in [0, 0.1) is 0 Å². The molecule has 0 atom stereocenters. The van der Waals surface area contributed by atoms with Crippen LogP contribution in [-0.4, -0.2) is 6.71 Å². The molecule has 2 aliphatic rings.